The molecule has 2 N–H and O–H groups in total. The lowest BCUT2D eigenvalue weighted by Crippen LogP contribution is -2.33. The lowest BCUT2D eigenvalue weighted by atomic mass is 9.98. The number of carboxylic acids is 1. The molecular formula is C29H29NO7. The summed E-state index contributed by atoms with van der Waals surface area (Å²) in [6.07, 6.45) is -0.689. The normalized spacial score (nSPS) is 11.3. The van der Waals surface area contributed by atoms with Gasteiger partial charge in [0.1, 0.15) is 6.61 Å². The Balaban J connectivity index is 0.000000886. The molecule has 1 amide bonds. The molecule has 0 bridgehead atoms. The average molecular weight is 504 g/mol. The van der Waals surface area contributed by atoms with Gasteiger partial charge in [-0.1, -0.05) is 66.7 Å². The highest BCUT2D eigenvalue weighted by Gasteiger charge is 2.29. The molecule has 0 saturated heterocycles. The smallest absolute Gasteiger partial charge is 0.407 e. The van der Waals surface area contributed by atoms with Crippen LogP contribution in [0.5, 0.6) is 0 Å². The number of benzene rings is 3. The van der Waals surface area contributed by atoms with E-state index in [4.69, 9.17) is 19.4 Å². The second kappa shape index (κ2) is 12.5. The molecule has 8 nitrogen and oxygen atoms in total. The molecule has 0 aromatic heterocycles. The lowest BCUT2D eigenvalue weighted by molar-refractivity contribution is -0.134. The maximum absolute atomic E-state index is 12.3. The number of carbonyl (C=O) groups is 4. The van der Waals surface area contributed by atoms with Crippen molar-refractivity contribution in [1.82, 2.24) is 5.32 Å². The molecule has 0 saturated carbocycles. The van der Waals surface area contributed by atoms with E-state index in [0.29, 0.717) is 5.56 Å². The molecule has 0 atom stereocenters. The van der Waals surface area contributed by atoms with Gasteiger partial charge >= 0.3 is 12.1 Å². The SMILES string of the molecule is CC(=O)O.Cc1cccc(C)c1C(=O)OCC(=O)CNC(=O)OCC1c2ccccc2-c2ccccc21. The summed E-state index contributed by atoms with van der Waals surface area (Å²) in [6, 6.07) is 21.6. The third kappa shape index (κ3) is 7.04. The summed E-state index contributed by atoms with van der Waals surface area (Å²) < 4.78 is 10.5. The molecule has 0 spiro atoms. The van der Waals surface area contributed by atoms with E-state index >= 15 is 0 Å². The van der Waals surface area contributed by atoms with Crippen molar-refractivity contribution in [2.45, 2.75) is 26.7 Å². The van der Waals surface area contributed by atoms with Crippen molar-refractivity contribution in [3.05, 3.63) is 94.5 Å². The highest BCUT2D eigenvalue weighted by atomic mass is 16.5. The highest BCUT2D eigenvalue weighted by Crippen LogP contribution is 2.44. The predicted octanol–water partition coefficient (Wildman–Crippen LogP) is 4.66. The Kier molecular flexibility index (Phi) is 9.16. The summed E-state index contributed by atoms with van der Waals surface area (Å²) in [6.45, 7) is 4.16. The number of hydrogen-bond donors (Lipinski definition) is 2. The third-order valence-electron chi connectivity index (χ3n) is 5.82. The number of fused-ring (bicyclic) bond motifs is 3. The van der Waals surface area contributed by atoms with Crippen molar-refractivity contribution in [3.63, 3.8) is 0 Å². The zero-order valence-electron chi connectivity index (χ0n) is 20.9. The van der Waals surface area contributed by atoms with Gasteiger partial charge in [-0.3, -0.25) is 9.59 Å². The number of Topliss-reactive ketones (excluding diaryl/α,β-unsaturated/α-hetero) is 1. The van der Waals surface area contributed by atoms with Crippen LogP contribution in [0.25, 0.3) is 11.1 Å². The van der Waals surface area contributed by atoms with Gasteiger partial charge in [-0.05, 0) is 47.2 Å². The summed E-state index contributed by atoms with van der Waals surface area (Å²) in [5, 5.41) is 9.86. The average Bonchev–Trinajstić information content (AvgIpc) is 3.18. The molecule has 1 aliphatic carbocycles. The Bertz CT molecular complexity index is 1250. The molecule has 3 aromatic rings. The first kappa shape index (κ1) is 27.1. The number of alkyl carbamates (subject to hydrolysis) is 1. The van der Waals surface area contributed by atoms with Crippen LogP contribution in [0.15, 0.2) is 66.7 Å². The fourth-order valence-electron chi connectivity index (χ4n) is 4.23. The number of esters is 1. The number of ketones is 1. The Morgan fingerprint density at radius 3 is 1.86 bits per heavy atom. The third-order valence-corrected chi connectivity index (χ3v) is 5.82. The monoisotopic (exact) mass is 503 g/mol. The first-order valence-electron chi connectivity index (χ1n) is 11.7. The summed E-state index contributed by atoms with van der Waals surface area (Å²) in [4.78, 5) is 45.6. The van der Waals surface area contributed by atoms with Gasteiger partial charge in [0.05, 0.1) is 12.1 Å². The molecular weight excluding hydrogens is 474 g/mol. The zero-order chi connectivity index (χ0) is 26.9. The molecule has 1 aliphatic rings. The Hall–Kier alpha value is -4.46. The molecule has 192 valence electrons. The van der Waals surface area contributed by atoms with E-state index in [2.05, 4.69) is 17.4 Å². The summed E-state index contributed by atoms with van der Waals surface area (Å²) in [7, 11) is 0. The number of aryl methyl sites for hydroxylation is 2. The van der Waals surface area contributed by atoms with Gasteiger partial charge in [-0.2, -0.15) is 0 Å². The van der Waals surface area contributed by atoms with Crippen LogP contribution in [0.2, 0.25) is 0 Å². The molecule has 0 unspecified atom stereocenters. The van der Waals surface area contributed by atoms with Gasteiger partial charge in [0.25, 0.3) is 5.97 Å². The largest absolute Gasteiger partial charge is 0.481 e. The van der Waals surface area contributed by atoms with Crippen LogP contribution < -0.4 is 5.32 Å². The van der Waals surface area contributed by atoms with Gasteiger partial charge in [0.15, 0.2) is 12.4 Å². The van der Waals surface area contributed by atoms with Crippen LogP contribution in [0.4, 0.5) is 4.79 Å². The first-order chi connectivity index (χ1) is 17.7. The topological polar surface area (TPSA) is 119 Å². The minimum atomic E-state index is -0.833. The van der Waals surface area contributed by atoms with E-state index in [1.807, 2.05) is 68.4 Å². The number of amides is 1. The summed E-state index contributed by atoms with van der Waals surface area (Å²) in [5.74, 6) is -1.87. The molecule has 3 aromatic carbocycles. The van der Waals surface area contributed by atoms with Gasteiger partial charge in [0, 0.05) is 12.8 Å². The second-order valence-electron chi connectivity index (χ2n) is 8.58. The van der Waals surface area contributed by atoms with Gasteiger partial charge < -0.3 is 19.9 Å². The second-order valence-corrected chi connectivity index (χ2v) is 8.58. The number of ether oxygens (including phenoxy) is 2. The number of hydrogen-bond acceptors (Lipinski definition) is 6. The molecule has 0 radical (unpaired) electrons. The van der Waals surface area contributed by atoms with Crippen molar-refractivity contribution in [2.75, 3.05) is 19.8 Å². The molecule has 0 aliphatic heterocycles. The summed E-state index contributed by atoms with van der Waals surface area (Å²) in [5.41, 5.74) is 6.52. The standard InChI is InChI=1S/C27H25NO5.C2H4O2/c1-17-8-7-9-18(2)25(17)26(30)32-15-19(29)14-28-27(31)33-16-24-22-12-5-3-10-20(22)21-11-4-6-13-23(21)24;1-2(3)4/h3-13,24H,14-16H2,1-2H3,(H,28,31);1H3,(H,3,4). The zero-order valence-corrected chi connectivity index (χ0v) is 20.9. The number of carbonyl (C=O) groups excluding carboxylic acids is 3. The van der Waals surface area contributed by atoms with Crippen LogP contribution >= 0.6 is 0 Å². The Morgan fingerprint density at radius 1 is 0.811 bits per heavy atom. The molecule has 4 rings (SSSR count). The van der Waals surface area contributed by atoms with E-state index in [9.17, 15) is 14.4 Å². The lowest BCUT2D eigenvalue weighted by Gasteiger charge is -2.14. The Labute approximate surface area is 215 Å². The van der Waals surface area contributed by atoms with Crippen molar-refractivity contribution in [3.8, 4) is 11.1 Å². The van der Waals surface area contributed by atoms with Crippen LogP contribution in [0, 0.1) is 13.8 Å². The number of rotatable bonds is 7. The van der Waals surface area contributed by atoms with E-state index in [0.717, 1.165) is 40.3 Å². The van der Waals surface area contributed by atoms with Gasteiger partial charge in [-0.15, -0.1) is 0 Å². The molecule has 37 heavy (non-hydrogen) atoms. The molecule has 0 fully saturated rings. The van der Waals surface area contributed by atoms with Crippen molar-refractivity contribution in [1.29, 1.82) is 0 Å². The predicted molar refractivity (Wildman–Crippen MR) is 138 cm³/mol. The van der Waals surface area contributed by atoms with Crippen molar-refractivity contribution < 1.29 is 33.8 Å². The minimum absolute atomic E-state index is 0.0582. The minimum Gasteiger partial charge on any atom is -0.481 e. The van der Waals surface area contributed by atoms with Crippen molar-refractivity contribution in [2.24, 2.45) is 0 Å². The molecule has 8 heteroatoms. The number of carboxylic acid groups (broad SMARTS) is 1. The van der Waals surface area contributed by atoms with E-state index < -0.39 is 30.4 Å². The van der Waals surface area contributed by atoms with E-state index in [1.54, 1.807) is 0 Å². The van der Waals surface area contributed by atoms with Crippen LogP contribution in [-0.4, -0.2) is 48.7 Å². The number of nitrogens with one attached hydrogen (secondary N) is 1. The van der Waals surface area contributed by atoms with Crippen LogP contribution in [0.3, 0.4) is 0 Å². The number of aliphatic carboxylic acids is 1. The van der Waals surface area contributed by atoms with Crippen LogP contribution in [-0.2, 0) is 19.1 Å². The van der Waals surface area contributed by atoms with E-state index in [-0.39, 0.29) is 19.1 Å². The fourth-order valence-corrected chi connectivity index (χ4v) is 4.23. The van der Waals surface area contributed by atoms with Crippen LogP contribution in [0.1, 0.15) is 45.5 Å². The highest BCUT2D eigenvalue weighted by molar-refractivity contribution is 5.94. The Morgan fingerprint density at radius 2 is 1.32 bits per heavy atom. The fraction of sp³-hybridized carbons (Fsp3) is 0.241. The maximum atomic E-state index is 12.3. The van der Waals surface area contributed by atoms with Crippen molar-refractivity contribution >= 4 is 23.8 Å². The maximum Gasteiger partial charge on any atom is 0.407 e. The molecule has 0 heterocycles. The quantitative estimate of drug-likeness (QED) is 0.450. The summed E-state index contributed by atoms with van der Waals surface area (Å²) >= 11 is 0. The van der Waals surface area contributed by atoms with Gasteiger partial charge in [-0.25, -0.2) is 9.59 Å². The first-order valence-corrected chi connectivity index (χ1v) is 11.7. The van der Waals surface area contributed by atoms with Gasteiger partial charge in [0.2, 0.25) is 0 Å². The van der Waals surface area contributed by atoms with E-state index in [1.165, 1.54) is 0 Å².